The van der Waals surface area contributed by atoms with Crippen molar-refractivity contribution in [3.8, 4) is 0 Å². The molecule has 1 aliphatic rings. The van der Waals surface area contributed by atoms with Crippen molar-refractivity contribution < 1.29 is 17.9 Å². The summed E-state index contributed by atoms with van der Waals surface area (Å²) < 4.78 is 27.8. The monoisotopic (exact) mass is 318 g/mol. The number of hydrogen-bond acceptors (Lipinski definition) is 4. The Morgan fingerprint density at radius 3 is 2.75 bits per heavy atom. The van der Waals surface area contributed by atoms with Crippen molar-refractivity contribution in [2.45, 2.75) is 17.4 Å². The number of carbonyl (C=O) groups excluding carboxylic acids is 1. The summed E-state index contributed by atoms with van der Waals surface area (Å²) >= 11 is 5.98. The van der Waals surface area contributed by atoms with E-state index in [0.717, 1.165) is 6.42 Å². The highest BCUT2D eigenvalue weighted by Crippen LogP contribution is 2.23. The van der Waals surface area contributed by atoms with Gasteiger partial charge in [-0.1, -0.05) is 11.6 Å². The van der Waals surface area contributed by atoms with Crippen molar-refractivity contribution in [2.24, 2.45) is 5.14 Å². The van der Waals surface area contributed by atoms with E-state index in [-0.39, 0.29) is 27.5 Å². The van der Waals surface area contributed by atoms with Crippen LogP contribution < -0.4 is 5.14 Å². The van der Waals surface area contributed by atoms with Crippen LogP contribution in [0, 0.1) is 0 Å². The third-order valence-corrected chi connectivity index (χ3v) is 4.50. The molecule has 1 aliphatic heterocycles. The summed E-state index contributed by atoms with van der Waals surface area (Å²) in [5.41, 5.74) is 0.134. The number of likely N-dealkylation sites (tertiary alicyclic amines) is 1. The molecule has 1 aromatic carbocycles. The number of sulfonamides is 1. The van der Waals surface area contributed by atoms with Gasteiger partial charge >= 0.3 is 0 Å². The average Bonchev–Trinajstić information content (AvgIpc) is 2.86. The molecule has 1 saturated heterocycles. The zero-order valence-corrected chi connectivity index (χ0v) is 12.4. The summed E-state index contributed by atoms with van der Waals surface area (Å²) in [7, 11) is -2.28. The summed E-state index contributed by atoms with van der Waals surface area (Å²) in [5, 5.41) is 5.25. The molecule has 0 bridgehead atoms. The first-order chi connectivity index (χ1) is 9.32. The van der Waals surface area contributed by atoms with Crippen molar-refractivity contribution >= 4 is 27.5 Å². The van der Waals surface area contributed by atoms with E-state index >= 15 is 0 Å². The normalized spacial score (nSPS) is 19.4. The molecule has 110 valence electrons. The standard InChI is InChI=1S/C12H15ClN2O4S/c1-19-8-4-5-15(7-8)12(16)10-6-9(20(14,17)18)2-3-11(10)13/h2-3,6,8H,4-5,7H2,1H3,(H2,14,17,18). The van der Waals surface area contributed by atoms with Gasteiger partial charge in [0.2, 0.25) is 10.0 Å². The highest BCUT2D eigenvalue weighted by molar-refractivity contribution is 7.89. The summed E-state index contributed by atoms with van der Waals surface area (Å²) in [6.07, 6.45) is 0.744. The Kier molecular flexibility index (Phi) is 4.33. The van der Waals surface area contributed by atoms with Crippen LogP contribution in [0.4, 0.5) is 0 Å². The first-order valence-electron chi connectivity index (χ1n) is 5.97. The van der Waals surface area contributed by atoms with Crippen molar-refractivity contribution in [3.05, 3.63) is 28.8 Å². The number of carbonyl (C=O) groups is 1. The predicted octanol–water partition coefficient (Wildman–Crippen LogP) is 0.848. The molecule has 0 aromatic heterocycles. The van der Waals surface area contributed by atoms with Crippen LogP contribution in [0.15, 0.2) is 23.1 Å². The minimum absolute atomic E-state index is 0.000788. The molecule has 1 fully saturated rings. The second-order valence-corrected chi connectivity index (χ2v) is 6.55. The lowest BCUT2D eigenvalue weighted by molar-refractivity contribution is 0.0724. The zero-order chi connectivity index (χ0) is 14.9. The van der Waals surface area contributed by atoms with Gasteiger partial charge in [-0.15, -0.1) is 0 Å². The number of rotatable bonds is 3. The lowest BCUT2D eigenvalue weighted by Gasteiger charge is -2.17. The number of nitrogens with zero attached hydrogens (tertiary/aromatic N) is 1. The molecule has 0 spiro atoms. The van der Waals surface area contributed by atoms with Crippen molar-refractivity contribution in [1.82, 2.24) is 4.90 Å². The highest BCUT2D eigenvalue weighted by atomic mass is 35.5. The first kappa shape index (κ1) is 15.2. The molecule has 1 aromatic rings. The topological polar surface area (TPSA) is 89.7 Å². The number of benzene rings is 1. The Hall–Kier alpha value is -1.15. The Bertz CT molecular complexity index is 632. The van der Waals surface area contributed by atoms with Gasteiger partial charge in [0.05, 0.1) is 21.6 Å². The molecule has 1 heterocycles. The fourth-order valence-corrected chi connectivity index (χ4v) is 2.86. The van der Waals surface area contributed by atoms with Gasteiger partial charge in [-0.2, -0.15) is 0 Å². The third kappa shape index (κ3) is 3.12. The molecule has 2 N–H and O–H groups in total. The molecule has 1 unspecified atom stereocenters. The molecule has 0 aliphatic carbocycles. The van der Waals surface area contributed by atoms with E-state index in [9.17, 15) is 13.2 Å². The van der Waals surface area contributed by atoms with Gasteiger partial charge in [0.15, 0.2) is 0 Å². The molecule has 0 radical (unpaired) electrons. The summed E-state index contributed by atoms with van der Waals surface area (Å²) in [4.78, 5) is 13.8. The van der Waals surface area contributed by atoms with Gasteiger partial charge in [0, 0.05) is 20.2 Å². The largest absolute Gasteiger partial charge is 0.380 e. The fourth-order valence-electron chi connectivity index (χ4n) is 2.12. The summed E-state index contributed by atoms with van der Waals surface area (Å²) in [5.74, 6) is -0.319. The maximum absolute atomic E-state index is 12.4. The molecule has 20 heavy (non-hydrogen) atoms. The van der Waals surface area contributed by atoms with E-state index in [1.807, 2.05) is 0 Å². The molecule has 2 rings (SSSR count). The number of primary sulfonamides is 1. The van der Waals surface area contributed by atoms with Crippen LogP contribution in [-0.2, 0) is 14.8 Å². The van der Waals surface area contributed by atoms with Gasteiger partial charge in [-0.05, 0) is 24.6 Å². The van der Waals surface area contributed by atoms with Gasteiger partial charge in [0.25, 0.3) is 5.91 Å². The van der Waals surface area contributed by atoms with E-state index in [0.29, 0.717) is 13.1 Å². The molecular weight excluding hydrogens is 304 g/mol. The molecule has 6 nitrogen and oxygen atoms in total. The van der Waals surface area contributed by atoms with Crippen LogP contribution in [-0.4, -0.2) is 45.5 Å². The van der Waals surface area contributed by atoms with E-state index in [1.165, 1.54) is 18.2 Å². The van der Waals surface area contributed by atoms with Crippen LogP contribution in [0.5, 0.6) is 0 Å². The number of halogens is 1. The number of amides is 1. The Morgan fingerprint density at radius 2 is 2.20 bits per heavy atom. The van der Waals surface area contributed by atoms with Crippen LogP contribution in [0.3, 0.4) is 0 Å². The van der Waals surface area contributed by atoms with E-state index in [4.69, 9.17) is 21.5 Å². The van der Waals surface area contributed by atoms with Gasteiger partial charge < -0.3 is 9.64 Å². The average molecular weight is 319 g/mol. The number of hydrogen-bond donors (Lipinski definition) is 1. The van der Waals surface area contributed by atoms with Crippen LogP contribution in [0.1, 0.15) is 16.8 Å². The van der Waals surface area contributed by atoms with Gasteiger partial charge in [-0.3, -0.25) is 4.79 Å². The lowest BCUT2D eigenvalue weighted by atomic mass is 10.2. The first-order valence-corrected chi connectivity index (χ1v) is 7.90. The van der Waals surface area contributed by atoms with E-state index in [1.54, 1.807) is 12.0 Å². The smallest absolute Gasteiger partial charge is 0.255 e. The second-order valence-electron chi connectivity index (χ2n) is 4.58. The Balaban J connectivity index is 2.30. The van der Waals surface area contributed by atoms with Crippen LogP contribution in [0.2, 0.25) is 5.02 Å². The number of methoxy groups -OCH3 is 1. The number of ether oxygens (including phenoxy) is 1. The maximum Gasteiger partial charge on any atom is 0.255 e. The molecule has 1 amide bonds. The highest BCUT2D eigenvalue weighted by Gasteiger charge is 2.28. The SMILES string of the molecule is COC1CCN(C(=O)c2cc(S(N)(=O)=O)ccc2Cl)C1. The Morgan fingerprint density at radius 1 is 1.50 bits per heavy atom. The van der Waals surface area contributed by atoms with Crippen molar-refractivity contribution in [1.29, 1.82) is 0 Å². The minimum Gasteiger partial charge on any atom is -0.380 e. The van der Waals surface area contributed by atoms with Gasteiger partial charge in [0.1, 0.15) is 0 Å². The molecule has 8 heteroatoms. The maximum atomic E-state index is 12.4. The van der Waals surface area contributed by atoms with E-state index in [2.05, 4.69) is 0 Å². The summed E-state index contributed by atoms with van der Waals surface area (Å²) in [6, 6.07) is 3.84. The molecular formula is C12H15ClN2O4S. The minimum atomic E-state index is -3.87. The van der Waals surface area contributed by atoms with Crippen molar-refractivity contribution in [3.63, 3.8) is 0 Å². The molecule has 0 saturated carbocycles. The Labute approximate surface area is 122 Å². The quantitative estimate of drug-likeness (QED) is 0.894. The summed E-state index contributed by atoms with van der Waals surface area (Å²) in [6.45, 7) is 1.01. The number of nitrogens with two attached hydrogens (primary N) is 1. The van der Waals surface area contributed by atoms with Gasteiger partial charge in [-0.25, -0.2) is 13.6 Å². The van der Waals surface area contributed by atoms with Crippen LogP contribution >= 0.6 is 11.6 Å². The van der Waals surface area contributed by atoms with Crippen molar-refractivity contribution in [2.75, 3.05) is 20.2 Å². The van der Waals surface area contributed by atoms with Crippen LogP contribution in [0.25, 0.3) is 0 Å². The molecule has 1 atom stereocenters. The van der Waals surface area contributed by atoms with E-state index < -0.39 is 10.0 Å². The predicted molar refractivity (Wildman–Crippen MR) is 74.1 cm³/mol. The second kappa shape index (κ2) is 5.69. The zero-order valence-electron chi connectivity index (χ0n) is 10.9. The fraction of sp³-hybridized carbons (Fsp3) is 0.417. The third-order valence-electron chi connectivity index (χ3n) is 3.26. The lowest BCUT2D eigenvalue weighted by Crippen LogP contribution is -2.30.